The van der Waals surface area contributed by atoms with E-state index in [1.807, 2.05) is 0 Å². The van der Waals surface area contributed by atoms with E-state index in [1.165, 1.54) is 30.3 Å². The lowest BCUT2D eigenvalue weighted by molar-refractivity contribution is -0.137. The third kappa shape index (κ3) is 5.14. The molecule has 4 aromatic carbocycles. The van der Waals surface area contributed by atoms with Gasteiger partial charge in [-0.1, -0.05) is 23.7 Å². The average Bonchev–Trinajstić information content (AvgIpc) is 3.29. The smallest absolute Gasteiger partial charge is 0.417 e. The van der Waals surface area contributed by atoms with Crippen LogP contribution in [0, 0.1) is 11.6 Å². The van der Waals surface area contributed by atoms with E-state index in [-0.39, 0.29) is 45.1 Å². The summed E-state index contributed by atoms with van der Waals surface area (Å²) in [6, 6.07) is 11.9. The van der Waals surface area contributed by atoms with Gasteiger partial charge in [0.1, 0.15) is 17.4 Å². The molecule has 13 heteroatoms. The third-order valence-electron chi connectivity index (χ3n) is 7.88. The minimum absolute atomic E-state index is 0.0176. The summed E-state index contributed by atoms with van der Waals surface area (Å²) >= 11 is 6.57. The zero-order valence-corrected chi connectivity index (χ0v) is 24.4. The maximum absolute atomic E-state index is 14.8. The largest absolute Gasteiger partial charge is 0.497 e. The molecule has 1 aliphatic rings. The van der Waals surface area contributed by atoms with Gasteiger partial charge >= 0.3 is 6.18 Å². The number of aromatic amines is 1. The standard InChI is InChI=1S/C33H21ClF5N3O4/c1-46-18-5-2-15(3-6-18)14-42-29(21-10-16(35)4-7-25(21)34)27-22(13-20-19(28(27)32(42)45)8-9-41-31(20)44)26-23(30(40)43)11-17(36)12-24(26)33(37,38)39/h2-13,29H,14H2,1H3,(H2,40,43)(H,41,44). The Morgan fingerprint density at radius 2 is 1.67 bits per heavy atom. The number of H-pyrrole nitrogens is 1. The fourth-order valence-corrected chi connectivity index (χ4v) is 6.17. The van der Waals surface area contributed by atoms with Crippen molar-refractivity contribution in [1.82, 2.24) is 9.88 Å². The number of benzene rings is 4. The summed E-state index contributed by atoms with van der Waals surface area (Å²) in [6.45, 7) is -0.142. The second-order valence-electron chi connectivity index (χ2n) is 10.6. The Morgan fingerprint density at radius 3 is 2.33 bits per heavy atom. The SMILES string of the molecule is COc1ccc(CN2C(=O)c3c(c(-c4c(C(N)=O)cc(F)cc4C(F)(F)F)cc4c(=O)[nH]ccc34)C2c2cc(F)ccc2Cl)cc1. The Labute approximate surface area is 262 Å². The molecular formula is C33H21ClF5N3O4. The number of nitrogens with two attached hydrogens (primary N) is 1. The van der Waals surface area contributed by atoms with Gasteiger partial charge in [0.25, 0.3) is 11.5 Å². The zero-order valence-electron chi connectivity index (χ0n) is 23.6. The first-order valence-electron chi connectivity index (χ1n) is 13.6. The monoisotopic (exact) mass is 653 g/mol. The van der Waals surface area contributed by atoms with Gasteiger partial charge < -0.3 is 20.4 Å². The van der Waals surface area contributed by atoms with E-state index in [1.54, 1.807) is 24.3 Å². The zero-order chi connectivity index (χ0) is 33.1. The number of fused-ring (bicyclic) bond motifs is 3. The molecule has 46 heavy (non-hydrogen) atoms. The highest BCUT2D eigenvalue weighted by Crippen LogP contribution is 2.51. The first-order valence-corrected chi connectivity index (χ1v) is 14.0. The maximum atomic E-state index is 14.8. The second-order valence-corrected chi connectivity index (χ2v) is 11.0. The number of hydrogen-bond donors (Lipinski definition) is 2. The Balaban J connectivity index is 1.77. The van der Waals surface area contributed by atoms with Crippen molar-refractivity contribution in [3.63, 3.8) is 0 Å². The summed E-state index contributed by atoms with van der Waals surface area (Å²) < 4.78 is 78.4. The predicted octanol–water partition coefficient (Wildman–Crippen LogP) is 7.00. The highest BCUT2D eigenvalue weighted by molar-refractivity contribution is 6.31. The maximum Gasteiger partial charge on any atom is 0.417 e. The molecule has 0 bridgehead atoms. The molecule has 1 atom stereocenters. The van der Waals surface area contributed by atoms with Crippen LogP contribution in [-0.2, 0) is 12.7 Å². The van der Waals surface area contributed by atoms with Crippen molar-refractivity contribution in [2.24, 2.45) is 5.73 Å². The Hall–Kier alpha value is -5.23. The van der Waals surface area contributed by atoms with Gasteiger partial charge in [-0.15, -0.1) is 0 Å². The van der Waals surface area contributed by atoms with Crippen LogP contribution >= 0.6 is 11.6 Å². The normalized spacial score (nSPS) is 14.5. The van der Waals surface area contributed by atoms with Crippen LogP contribution in [0.1, 0.15) is 49.0 Å². The molecule has 6 rings (SSSR count). The number of hydrogen-bond acceptors (Lipinski definition) is 4. The average molecular weight is 654 g/mol. The molecule has 0 fully saturated rings. The van der Waals surface area contributed by atoms with Crippen molar-refractivity contribution in [3.8, 4) is 16.9 Å². The van der Waals surface area contributed by atoms with Gasteiger partial charge in [0, 0.05) is 45.2 Å². The van der Waals surface area contributed by atoms with Crippen LogP contribution in [0.2, 0.25) is 5.02 Å². The number of rotatable bonds is 6. The number of carbonyl (C=O) groups is 2. The molecule has 0 saturated heterocycles. The molecular weight excluding hydrogens is 633 g/mol. The quantitative estimate of drug-likeness (QED) is 0.193. The second kappa shape index (κ2) is 11.3. The number of pyridine rings is 1. The Bertz CT molecular complexity index is 2130. The van der Waals surface area contributed by atoms with E-state index < -0.39 is 63.5 Å². The van der Waals surface area contributed by atoms with E-state index in [0.29, 0.717) is 17.4 Å². The third-order valence-corrected chi connectivity index (χ3v) is 8.23. The van der Waals surface area contributed by atoms with E-state index >= 15 is 0 Å². The van der Waals surface area contributed by atoms with Gasteiger partial charge in [-0.3, -0.25) is 14.4 Å². The molecule has 0 saturated carbocycles. The van der Waals surface area contributed by atoms with Crippen molar-refractivity contribution in [1.29, 1.82) is 0 Å². The molecule has 1 unspecified atom stereocenters. The van der Waals surface area contributed by atoms with Crippen LogP contribution in [-0.4, -0.2) is 28.8 Å². The predicted molar refractivity (Wildman–Crippen MR) is 160 cm³/mol. The van der Waals surface area contributed by atoms with E-state index in [2.05, 4.69) is 4.98 Å². The molecule has 3 N–H and O–H groups in total. The van der Waals surface area contributed by atoms with Crippen molar-refractivity contribution in [3.05, 3.63) is 133 Å². The van der Waals surface area contributed by atoms with Crippen molar-refractivity contribution in [2.45, 2.75) is 18.8 Å². The topological polar surface area (TPSA) is 105 Å². The van der Waals surface area contributed by atoms with Crippen molar-refractivity contribution < 1.29 is 36.3 Å². The van der Waals surface area contributed by atoms with E-state index in [9.17, 15) is 36.3 Å². The fourth-order valence-electron chi connectivity index (χ4n) is 5.94. The number of primary amides is 1. The van der Waals surface area contributed by atoms with Gasteiger partial charge in [0.05, 0.1) is 29.8 Å². The van der Waals surface area contributed by atoms with Crippen molar-refractivity contribution >= 4 is 34.2 Å². The molecule has 0 radical (unpaired) electrons. The molecule has 1 aliphatic heterocycles. The van der Waals surface area contributed by atoms with Gasteiger partial charge in [-0.2, -0.15) is 13.2 Å². The van der Waals surface area contributed by atoms with Gasteiger partial charge in [-0.05, 0) is 65.7 Å². The number of nitrogens with zero attached hydrogens (tertiary/aromatic N) is 1. The number of nitrogens with one attached hydrogen (secondary N) is 1. The molecule has 2 amide bonds. The number of aromatic nitrogens is 1. The highest BCUT2D eigenvalue weighted by Gasteiger charge is 2.45. The highest BCUT2D eigenvalue weighted by atomic mass is 35.5. The lowest BCUT2D eigenvalue weighted by atomic mass is 9.83. The van der Waals surface area contributed by atoms with E-state index in [4.69, 9.17) is 22.1 Å². The molecule has 7 nitrogen and oxygen atoms in total. The molecule has 0 aliphatic carbocycles. The van der Waals surface area contributed by atoms with Gasteiger partial charge in [0.2, 0.25) is 5.91 Å². The number of halogens is 6. The molecule has 0 spiro atoms. The number of ether oxygens (including phenoxy) is 1. The summed E-state index contributed by atoms with van der Waals surface area (Å²) in [7, 11) is 1.47. The minimum atomic E-state index is -5.22. The summed E-state index contributed by atoms with van der Waals surface area (Å²) in [5.41, 5.74) is 1.38. The van der Waals surface area contributed by atoms with Crippen LogP contribution < -0.4 is 16.0 Å². The molecule has 5 aromatic rings. The van der Waals surface area contributed by atoms with Crippen LogP contribution in [0.5, 0.6) is 5.75 Å². The first-order chi connectivity index (χ1) is 21.8. The summed E-state index contributed by atoms with van der Waals surface area (Å²) in [6.07, 6.45) is -3.95. The molecule has 2 heterocycles. The number of alkyl halides is 3. The first kappa shape index (κ1) is 30.8. The van der Waals surface area contributed by atoms with E-state index in [0.717, 1.165) is 18.2 Å². The van der Waals surface area contributed by atoms with Crippen LogP contribution in [0.3, 0.4) is 0 Å². The van der Waals surface area contributed by atoms with Gasteiger partial charge in [0.15, 0.2) is 0 Å². The van der Waals surface area contributed by atoms with Gasteiger partial charge in [-0.25, -0.2) is 8.78 Å². The number of methoxy groups -OCH3 is 1. The lowest BCUT2D eigenvalue weighted by Crippen LogP contribution is -2.28. The minimum Gasteiger partial charge on any atom is -0.497 e. The van der Waals surface area contributed by atoms with Crippen LogP contribution in [0.25, 0.3) is 21.9 Å². The Kier molecular flexibility index (Phi) is 7.55. The summed E-state index contributed by atoms with van der Waals surface area (Å²) in [5, 5.41) is -0.125. The summed E-state index contributed by atoms with van der Waals surface area (Å²) in [5.74, 6) is -3.73. The van der Waals surface area contributed by atoms with Crippen molar-refractivity contribution in [2.75, 3.05) is 7.11 Å². The fraction of sp³-hybridized carbons (Fsp3) is 0.121. The Morgan fingerprint density at radius 1 is 0.957 bits per heavy atom. The number of carbonyl (C=O) groups excluding carboxylic acids is 2. The molecule has 1 aromatic heterocycles. The summed E-state index contributed by atoms with van der Waals surface area (Å²) in [4.78, 5) is 43.8. The van der Waals surface area contributed by atoms with Crippen LogP contribution in [0.15, 0.2) is 77.7 Å². The lowest BCUT2D eigenvalue weighted by Gasteiger charge is -2.28. The number of amides is 2. The van der Waals surface area contributed by atoms with Crippen LogP contribution in [0.4, 0.5) is 22.0 Å². The molecule has 234 valence electrons.